The average Bonchev–Trinajstić information content (AvgIpc) is 2.41. The van der Waals surface area contributed by atoms with Crippen molar-refractivity contribution in [3.63, 3.8) is 0 Å². The van der Waals surface area contributed by atoms with Gasteiger partial charge in [-0.15, -0.1) is 0 Å². The minimum atomic E-state index is -1.46. The molecule has 5 unspecified atom stereocenters. The molecule has 17 heavy (non-hydrogen) atoms. The van der Waals surface area contributed by atoms with Crippen molar-refractivity contribution in [1.82, 2.24) is 5.32 Å². The molecule has 0 radical (unpaired) electrons. The Bertz CT molecular complexity index is 288. The Morgan fingerprint density at radius 3 is 2.06 bits per heavy atom. The van der Waals surface area contributed by atoms with Crippen LogP contribution in [0.4, 0.5) is 0 Å². The predicted octanol–water partition coefficient (Wildman–Crippen LogP) is -1.23. The lowest BCUT2D eigenvalue weighted by atomic mass is 9.97. The molecule has 0 bridgehead atoms. The molecule has 4 N–H and O–H groups in total. The van der Waals surface area contributed by atoms with Gasteiger partial charge in [0.05, 0.1) is 6.04 Å². The number of Topliss-reactive ketones (excluding diaryl/α,β-unsaturated/α-hetero) is 1. The third kappa shape index (κ3) is 3.46. The van der Waals surface area contributed by atoms with Crippen LogP contribution in [-0.2, 0) is 9.53 Å². The maximum atomic E-state index is 11.6. The van der Waals surface area contributed by atoms with E-state index in [4.69, 9.17) is 4.74 Å². The minimum absolute atomic E-state index is 0.217. The van der Waals surface area contributed by atoms with Gasteiger partial charge in [0.15, 0.2) is 6.29 Å². The molecule has 0 aromatic heterocycles. The zero-order valence-corrected chi connectivity index (χ0v) is 10.5. The van der Waals surface area contributed by atoms with Crippen LogP contribution >= 0.6 is 0 Å². The third-order valence-electron chi connectivity index (χ3n) is 2.63. The second-order valence-corrected chi connectivity index (χ2v) is 5.46. The van der Waals surface area contributed by atoms with E-state index in [1.165, 1.54) is 6.92 Å². The van der Waals surface area contributed by atoms with Gasteiger partial charge in [-0.25, -0.2) is 0 Å². The van der Waals surface area contributed by atoms with Crippen LogP contribution < -0.4 is 5.32 Å². The highest BCUT2D eigenvalue weighted by atomic mass is 16.6. The number of ether oxygens (including phenoxy) is 1. The lowest BCUT2D eigenvalue weighted by molar-refractivity contribution is -0.141. The van der Waals surface area contributed by atoms with E-state index in [1.807, 2.05) is 20.8 Å². The largest absolute Gasteiger partial charge is 0.387 e. The van der Waals surface area contributed by atoms with Gasteiger partial charge in [0.25, 0.3) is 0 Å². The van der Waals surface area contributed by atoms with E-state index in [1.54, 1.807) is 0 Å². The SMILES string of the molecule is CC(=O)C(NC(C)(C)C)C1OC(O)C(O)C1O. The summed E-state index contributed by atoms with van der Waals surface area (Å²) in [7, 11) is 0. The van der Waals surface area contributed by atoms with Crippen LogP contribution in [0.2, 0.25) is 0 Å². The summed E-state index contributed by atoms with van der Waals surface area (Å²) in [4.78, 5) is 11.6. The Morgan fingerprint density at radius 2 is 1.76 bits per heavy atom. The molecule has 0 aromatic carbocycles. The molecule has 6 heteroatoms. The zero-order chi connectivity index (χ0) is 13.4. The van der Waals surface area contributed by atoms with E-state index in [2.05, 4.69) is 5.32 Å². The van der Waals surface area contributed by atoms with Gasteiger partial charge in [-0.3, -0.25) is 4.79 Å². The lowest BCUT2D eigenvalue weighted by Crippen LogP contribution is -2.56. The minimum Gasteiger partial charge on any atom is -0.387 e. The van der Waals surface area contributed by atoms with Crippen LogP contribution in [0.25, 0.3) is 0 Å². The first-order valence-corrected chi connectivity index (χ1v) is 5.61. The average molecular weight is 247 g/mol. The van der Waals surface area contributed by atoms with Gasteiger partial charge in [0.2, 0.25) is 0 Å². The van der Waals surface area contributed by atoms with Crippen LogP contribution in [0.15, 0.2) is 0 Å². The first-order chi connectivity index (χ1) is 7.63. The Kier molecular flexibility index (Phi) is 4.27. The van der Waals surface area contributed by atoms with Crippen molar-refractivity contribution in [1.29, 1.82) is 0 Å². The highest BCUT2D eigenvalue weighted by Crippen LogP contribution is 2.23. The molecule has 1 rings (SSSR count). The fourth-order valence-corrected chi connectivity index (χ4v) is 1.84. The highest BCUT2D eigenvalue weighted by molar-refractivity contribution is 5.82. The van der Waals surface area contributed by atoms with Crippen LogP contribution in [0.3, 0.4) is 0 Å². The molecule has 5 atom stereocenters. The molecule has 0 aliphatic carbocycles. The van der Waals surface area contributed by atoms with Crippen LogP contribution in [0.1, 0.15) is 27.7 Å². The number of nitrogens with one attached hydrogen (secondary N) is 1. The fraction of sp³-hybridized carbons (Fsp3) is 0.909. The van der Waals surface area contributed by atoms with E-state index in [0.29, 0.717) is 0 Å². The van der Waals surface area contributed by atoms with Crippen molar-refractivity contribution in [2.45, 2.75) is 63.9 Å². The number of ketones is 1. The number of carbonyl (C=O) groups excluding carboxylic acids is 1. The quantitative estimate of drug-likeness (QED) is 0.498. The van der Waals surface area contributed by atoms with E-state index >= 15 is 0 Å². The van der Waals surface area contributed by atoms with Gasteiger partial charge in [-0.1, -0.05) is 0 Å². The zero-order valence-electron chi connectivity index (χ0n) is 10.5. The summed E-state index contributed by atoms with van der Waals surface area (Å²) in [5.74, 6) is -0.217. The topological polar surface area (TPSA) is 99.0 Å². The number of hydrogen-bond donors (Lipinski definition) is 4. The predicted molar refractivity (Wildman–Crippen MR) is 60.3 cm³/mol. The third-order valence-corrected chi connectivity index (χ3v) is 2.63. The molecule has 1 aliphatic heterocycles. The van der Waals surface area contributed by atoms with Gasteiger partial charge in [-0.2, -0.15) is 0 Å². The normalized spacial score (nSPS) is 35.9. The maximum Gasteiger partial charge on any atom is 0.184 e. The van der Waals surface area contributed by atoms with Gasteiger partial charge in [0, 0.05) is 5.54 Å². The summed E-state index contributed by atoms with van der Waals surface area (Å²) in [6.07, 6.45) is -5.08. The summed E-state index contributed by atoms with van der Waals surface area (Å²) in [5.41, 5.74) is -0.349. The first kappa shape index (κ1) is 14.5. The highest BCUT2D eigenvalue weighted by Gasteiger charge is 2.47. The molecule has 1 aliphatic rings. The molecule has 1 fully saturated rings. The molecule has 1 heterocycles. The Labute approximate surface area is 101 Å². The number of aliphatic hydroxyl groups excluding tert-OH is 3. The Hall–Kier alpha value is -0.530. The Balaban J connectivity index is 2.82. The van der Waals surface area contributed by atoms with E-state index in [9.17, 15) is 20.1 Å². The first-order valence-electron chi connectivity index (χ1n) is 5.61. The standard InChI is InChI=1S/C11H21NO5/c1-5(13)6(12-11(2,3)4)9-7(14)8(15)10(16)17-9/h6-10,12,14-16H,1-4H3. The number of rotatable bonds is 3. The Morgan fingerprint density at radius 1 is 1.24 bits per heavy atom. The van der Waals surface area contributed by atoms with Crippen LogP contribution in [0.5, 0.6) is 0 Å². The molecule has 6 nitrogen and oxygen atoms in total. The number of hydrogen-bond acceptors (Lipinski definition) is 6. The van der Waals surface area contributed by atoms with Gasteiger partial charge < -0.3 is 25.4 Å². The molecule has 100 valence electrons. The molecular weight excluding hydrogens is 226 g/mol. The van der Waals surface area contributed by atoms with Crippen molar-refractivity contribution in [2.75, 3.05) is 0 Å². The lowest BCUT2D eigenvalue weighted by Gasteiger charge is -2.31. The van der Waals surface area contributed by atoms with E-state index in [-0.39, 0.29) is 11.3 Å². The molecule has 0 aromatic rings. The monoisotopic (exact) mass is 247 g/mol. The van der Waals surface area contributed by atoms with Crippen LogP contribution in [-0.4, -0.2) is 57.3 Å². The van der Waals surface area contributed by atoms with E-state index < -0.39 is 30.6 Å². The smallest absolute Gasteiger partial charge is 0.184 e. The van der Waals surface area contributed by atoms with E-state index in [0.717, 1.165) is 0 Å². The summed E-state index contributed by atoms with van der Waals surface area (Å²) in [5, 5.41) is 31.4. The second kappa shape index (κ2) is 4.99. The van der Waals surface area contributed by atoms with Crippen molar-refractivity contribution >= 4 is 5.78 Å². The molecule has 0 amide bonds. The second-order valence-electron chi connectivity index (χ2n) is 5.46. The summed E-state index contributed by atoms with van der Waals surface area (Å²) >= 11 is 0. The number of aliphatic hydroxyl groups is 3. The molecule has 0 spiro atoms. The molecular formula is C11H21NO5. The summed E-state index contributed by atoms with van der Waals surface area (Å²) < 4.78 is 5.03. The summed E-state index contributed by atoms with van der Waals surface area (Å²) in [6.45, 7) is 6.99. The number of carbonyl (C=O) groups is 1. The van der Waals surface area contributed by atoms with Gasteiger partial charge >= 0.3 is 0 Å². The fourth-order valence-electron chi connectivity index (χ4n) is 1.84. The van der Waals surface area contributed by atoms with Gasteiger partial charge in [-0.05, 0) is 27.7 Å². The van der Waals surface area contributed by atoms with Crippen molar-refractivity contribution in [3.8, 4) is 0 Å². The van der Waals surface area contributed by atoms with Crippen molar-refractivity contribution < 1.29 is 24.9 Å². The van der Waals surface area contributed by atoms with Gasteiger partial charge in [0.1, 0.15) is 24.1 Å². The maximum absolute atomic E-state index is 11.6. The molecule has 0 saturated carbocycles. The summed E-state index contributed by atoms with van der Waals surface area (Å²) in [6, 6.07) is -0.767. The van der Waals surface area contributed by atoms with Crippen LogP contribution in [0, 0.1) is 0 Å². The molecule has 1 saturated heterocycles. The van der Waals surface area contributed by atoms with Crippen molar-refractivity contribution in [2.24, 2.45) is 0 Å². The van der Waals surface area contributed by atoms with Crippen molar-refractivity contribution in [3.05, 3.63) is 0 Å².